The van der Waals surface area contributed by atoms with Crippen LogP contribution < -0.4 is 5.32 Å². The summed E-state index contributed by atoms with van der Waals surface area (Å²) in [5.41, 5.74) is 2.25. The smallest absolute Gasteiger partial charge is 0.315 e. The van der Waals surface area contributed by atoms with Crippen molar-refractivity contribution < 1.29 is 9.18 Å². The van der Waals surface area contributed by atoms with E-state index in [4.69, 9.17) is 4.98 Å². The van der Waals surface area contributed by atoms with E-state index in [1.807, 2.05) is 40.6 Å². The van der Waals surface area contributed by atoms with E-state index < -0.39 is 0 Å². The van der Waals surface area contributed by atoms with Crippen LogP contribution in [0.4, 0.5) is 14.9 Å². The summed E-state index contributed by atoms with van der Waals surface area (Å²) in [6, 6.07) is 13.9. The molecule has 2 aromatic heterocycles. The summed E-state index contributed by atoms with van der Waals surface area (Å²) < 4.78 is 13.6. The molecule has 1 atom stereocenters. The van der Waals surface area contributed by atoms with Gasteiger partial charge in [-0.05, 0) is 37.1 Å². The fourth-order valence-electron chi connectivity index (χ4n) is 3.91. The van der Waals surface area contributed by atoms with Gasteiger partial charge in [0.2, 0.25) is 0 Å². The number of rotatable bonds is 3. The van der Waals surface area contributed by atoms with Crippen LogP contribution in [-0.4, -0.2) is 27.4 Å². The summed E-state index contributed by atoms with van der Waals surface area (Å²) in [5, 5.41) is 7.80. The van der Waals surface area contributed by atoms with E-state index in [0.29, 0.717) is 6.54 Å². The van der Waals surface area contributed by atoms with E-state index >= 15 is 0 Å². The van der Waals surface area contributed by atoms with Crippen LogP contribution >= 0.6 is 11.3 Å². The number of hydrogen-bond donors (Lipinski definition) is 1. The molecule has 1 saturated heterocycles. The van der Waals surface area contributed by atoms with Crippen molar-refractivity contribution in [3.8, 4) is 11.3 Å². The van der Waals surface area contributed by atoms with Crippen LogP contribution in [0.3, 0.4) is 0 Å². The van der Waals surface area contributed by atoms with Crippen LogP contribution in [-0.2, 0) is 0 Å². The van der Waals surface area contributed by atoms with E-state index in [2.05, 4.69) is 10.3 Å². The molecule has 1 N–H and O–H groups in total. The van der Waals surface area contributed by atoms with Crippen LogP contribution in [0.25, 0.3) is 22.0 Å². The minimum atomic E-state index is -0.283. The van der Waals surface area contributed by atoms with Crippen LogP contribution in [0, 0.1) is 5.82 Å². The quantitative estimate of drug-likeness (QED) is 0.453. The molecule has 0 radical (unpaired) electrons. The average Bonchev–Trinajstić information content (AvgIpc) is 3.44. The van der Waals surface area contributed by atoms with Crippen molar-refractivity contribution in [1.82, 2.24) is 14.9 Å². The molecule has 4 aromatic rings. The van der Waals surface area contributed by atoms with Crippen molar-refractivity contribution in [3.63, 3.8) is 0 Å². The highest BCUT2D eigenvalue weighted by molar-refractivity contribution is 7.10. The Kier molecular flexibility index (Phi) is 4.88. The Morgan fingerprint density at radius 3 is 3.00 bits per heavy atom. The molecule has 0 unspecified atom stereocenters. The van der Waals surface area contributed by atoms with Crippen LogP contribution in [0.1, 0.15) is 23.9 Å². The third kappa shape index (κ3) is 3.52. The molecule has 0 saturated carbocycles. The SMILES string of the molecule is O=C(Nc1cccc2cnccc12)N1CCC[C@H]1c1nc(-c2cccc(F)c2)cs1. The lowest BCUT2D eigenvalue weighted by atomic mass is 10.1. The number of nitrogens with zero attached hydrogens (tertiary/aromatic N) is 3. The van der Waals surface area contributed by atoms with Crippen LogP contribution in [0.5, 0.6) is 0 Å². The number of amides is 2. The molecule has 150 valence electrons. The molecule has 5 rings (SSSR count). The first-order chi connectivity index (χ1) is 14.7. The zero-order valence-electron chi connectivity index (χ0n) is 16.1. The van der Waals surface area contributed by atoms with Gasteiger partial charge in [0.1, 0.15) is 10.8 Å². The molecule has 1 fully saturated rings. The number of likely N-dealkylation sites (tertiary alicyclic amines) is 1. The molecule has 5 nitrogen and oxygen atoms in total. The van der Waals surface area contributed by atoms with Gasteiger partial charge in [-0.1, -0.05) is 24.3 Å². The Morgan fingerprint density at radius 2 is 2.10 bits per heavy atom. The first-order valence-electron chi connectivity index (χ1n) is 9.81. The average molecular weight is 418 g/mol. The van der Waals surface area contributed by atoms with E-state index in [1.165, 1.54) is 23.5 Å². The number of aromatic nitrogens is 2. The van der Waals surface area contributed by atoms with E-state index in [1.54, 1.807) is 18.5 Å². The number of anilines is 1. The summed E-state index contributed by atoms with van der Waals surface area (Å²) in [4.78, 5) is 23.8. The lowest BCUT2D eigenvalue weighted by molar-refractivity contribution is 0.207. The normalized spacial score (nSPS) is 16.2. The van der Waals surface area contributed by atoms with E-state index in [-0.39, 0.29) is 17.9 Å². The van der Waals surface area contributed by atoms with Gasteiger partial charge in [0, 0.05) is 40.7 Å². The molecule has 3 heterocycles. The maximum atomic E-state index is 13.6. The molecule has 1 aliphatic rings. The third-order valence-electron chi connectivity index (χ3n) is 5.36. The number of thiazole rings is 1. The molecular formula is C23H19FN4OS. The number of halogens is 1. The van der Waals surface area contributed by atoms with E-state index in [0.717, 1.165) is 45.6 Å². The second kappa shape index (κ2) is 7.84. The first-order valence-corrected chi connectivity index (χ1v) is 10.7. The number of fused-ring (bicyclic) bond motifs is 1. The Morgan fingerprint density at radius 1 is 1.20 bits per heavy atom. The maximum Gasteiger partial charge on any atom is 0.322 e. The molecule has 1 aliphatic heterocycles. The summed E-state index contributed by atoms with van der Waals surface area (Å²) in [5.74, 6) is -0.283. The standard InChI is InChI=1S/C23H19FN4OS/c24-17-6-1-4-15(12-17)20-14-30-22(26-20)21-8-3-11-28(21)23(29)27-19-7-2-5-16-13-25-10-9-18(16)19/h1-2,4-7,9-10,12-14,21H,3,8,11H2,(H,27,29)/t21-/m0/s1. The summed E-state index contributed by atoms with van der Waals surface area (Å²) in [6.07, 6.45) is 5.29. The third-order valence-corrected chi connectivity index (χ3v) is 6.31. The largest absolute Gasteiger partial charge is 0.322 e. The van der Waals surface area contributed by atoms with Crippen molar-refractivity contribution in [1.29, 1.82) is 0 Å². The second-order valence-electron chi connectivity index (χ2n) is 7.27. The lowest BCUT2D eigenvalue weighted by Crippen LogP contribution is -2.34. The molecule has 2 aromatic carbocycles. The Bertz CT molecular complexity index is 1220. The first kappa shape index (κ1) is 18.7. The van der Waals surface area contributed by atoms with Gasteiger partial charge in [0.25, 0.3) is 0 Å². The number of urea groups is 1. The Labute approximate surface area is 177 Å². The summed E-state index contributed by atoms with van der Waals surface area (Å²) in [7, 11) is 0. The lowest BCUT2D eigenvalue weighted by Gasteiger charge is -2.24. The molecular weight excluding hydrogens is 399 g/mol. The Balaban J connectivity index is 1.38. The van der Waals surface area contributed by atoms with E-state index in [9.17, 15) is 9.18 Å². The summed E-state index contributed by atoms with van der Waals surface area (Å²) >= 11 is 1.51. The fraction of sp³-hybridized carbons (Fsp3) is 0.174. The van der Waals surface area contributed by atoms with Crippen LogP contribution in [0.15, 0.2) is 66.3 Å². The van der Waals surface area contributed by atoms with Gasteiger partial charge in [-0.25, -0.2) is 14.2 Å². The van der Waals surface area contributed by atoms with Gasteiger partial charge in [0.15, 0.2) is 0 Å². The predicted octanol–water partition coefficient (Wildman–Crippen LogP) is 5.87. The fourth-order valence-corrected chi connectivity index (χ4v) is 4.88. The number of hydrogen-bond acceptors (Lipinski definition) is 4. The zero-order valence-corrected chi connectivity index (χ0v) is 16.9. The van der Waals surface area contributed by atoms with Gasteiger partial charge in [0.05, 0.1) is 17.4 Å². The molecule has 30 heavy (non-hydrogen) atoms. The Hall–Kier alpha value is -3.32. The van der Waals surface area contributed by atoms with Gasteiger partial charge < -0.3 is 10.2 Å². The minimum Gasteiger partial charge on any atom is -0.315 e. The van der Waals surface area contributed by atoms with Crippen molar-refractivity contribution in [2.45, 2.75) is 18.9 Å². The number of benzene rings is 2. The van der Waals surface area contributed by atoms with Crippen molar-refractivity contribution >= 4 is 33.8 Å². The molecule has 0 spiro atoms. The predicted molar refractivity (Wildman–Crippen MR) is 117 cm³/mol. The molecule has 0 aliphatic carbocycles. The molecule has 2 amide bonds. The second-order valence-corrected chi connectivity index (χ2v) is 8.15. The van der Waals surface area contributed by atoms with Crippen molar-refractivity contribution in [2.75, 3.05) is 11.9 Å². The number of carbonyl (C=O) groups excluding carboxylic acids is 1. The highest BCUT2D eigenvalue weighted by atomic mass is 32.1. The number of pyridine rings is 1. The van der Waals surface area contributed by atoms with Gasteiger partial charge >= 0.3 is 6.03 Å². The highest BCUT2D eigenvalue weighted by Gasteiger charge is 2.32. The number of nitrogens with one attached hydrogen (secondary N) is 1. The van der Waals surface area contributed by atoms with Gasteiger partial charge in [-0.15, -0.1) is 11.3 Å². The molecule has 7 heteroatoms. The topological polar surface area (TPSA) is 58.1 Å². The van der Waals surface area contributed by atoms with Crippen molar-refractivity contribution in [2.24, 2.45) is 0 Å². The monoisotopic (exact) mass is 418 g/mol. The number of carbonyl (C=O) groups is 1. The van der Waals surface area contributed by atoms with Gasteiger partial charge in [-0.3, -0.25) is 4.98 Å². The minimum absolute atomic E-state index is 0.0750. The van der Waals surface area contributed by atoms with Gasteiger partial charge in [-0.2, -0.15) is 0 Å². The highest BCUT2D eigenvalue weighted by Crippen LogP contribution is 2.36. The summed E-state index contributed by atoms with van der Waals surface area (Å²) in [6.45, 7) is 0.678. The van der Waals surface area contributed by atoms with Crippen LogP contribution in [0.2, 0.25) is 0 Å². The van der Waals surface area contributed by atoms with Crippen molar-refractivity contribution in [3.05, 3.63) is 77.1 Å². The maximum absolute atomic E-state index is 13.6. The molecule has 0 bridgehead atoms. The zero-order chi connectivity index (χ0) is 20.5.